The molecule has 0 aliphatic carbocycles. The Morgan fingerprint density at radius 3 is 2.38 bits per heavy atom. The first-order chi connectivity index (χ1) is 13.8. The second kappa shape index (κ2) is 7.24. The molecule has 1 saturated heterocycles. The van der Waals surface area contributed by atoms with Crippen LogP contribution in [0.3, 0.4) is 0 Å². The van der Waals surface area contributed by atoms with Crippen LogP contribution < -0.4 is 10.6 Å². The van der Waals surface area contributed by atoms with Crippen molar-refractivity contribution in [2.45, 2.75) is 20.8 Å². The molecule has 1 aliphatic heterocycles. The summed E-state index contributed by atoms with van der Waals surface area (Å²) >= 11 is 0. The van der Waals surface area contributed by atoms with E-state index in [1.807, 2.05) is 44.2 Å². The van der Waals surface area contributed by atoms with Crippen molar-refractivity contribution in [3.8, 4) is 11.5 Å². The van der Waals surface area contributed by atoms with Gasteiger partial charge in [0, 0.05) is 38.5 Å². The van der Waals surface area contributed by atoms with Crippen molar-refractivity contribution in [1.82, 2.24) is 9.88 Å². The van der Waals surface area contributed by atoms with Gasteiger partial charge in [-0.1, -0.05) is 11.6 Å². The molecule has 1 fully saturated rings. The molecule has 2 N–H and O–H groups in total. The molecule has 4 rings (SSSR count). The number of hydrogen-bond donors (Lipinski definition) is 1. The van der Waals surface area contributed by atoms with E-state index in [-0.39, 0.29) is 5.91 Å². The molecule has 3 heterocycles. The minimum Gasteiger partial charge on any atom is -0.460 e. The predicted octanol–water partition coefficient (Wildman–Crippen LogP) is 2.88. The molecule has 0 atom stereocenters. The van der Waals surface area contributed by atoms with E-state index in [2.05, 4.69) is 4.90 Å². The highest BCUT2D eigenvalue weighted by atomic mass is 16.3. The first-order valence-corrected chi connectivity index (χ1v) is 9.66. The molecule has 0 unspecified atom stereocenters. The van der Waals surface area contributed by atoms with Gasteiger partial charge in [0.05, 0.1) is 16.8 Å². The Kier molecular flexibility index (Phi) is 4.74. The summed E-state index contributed by atoms with van der Waals surface area (Å²) in [5.74, 6) is 0.903. The third-order valence-electron chi connectivity index (χ3n) is 5.38. The van der Waals surface area contributed by atoms with E-state index >= 15 is 0 Å². The molecule has 0 spiro atoms. The molecule has 3 aromatic rings. The summed E-state index contributed by atoms with van der Waals surface area (Å²) in [4.78, 5) is 33.1. The molecule has 0 bridgehead atoms. The first-order valence-electron chi connectivity index (χ1n) is 9.66. The number of benzene rings is 1. The lowest BCUT2D eigenvalue weighted by atomic mass is 10.00. The second-order valence-corrected chi connectivity index (χ2v) is 7.47. The summed E-state index contributed by atoms with van der Waals surface area (Å²) in [6.45, 7) is 7.75. The van der Waals surface area contributed by atoms with Crippen LogP contribution in [-0.2, 0) is 4.79 Å². The van der Waals surface area contributed by atoms with E-state index in [0.717, 1.165) is 16.7 Å². The zero-order chi connectivity index (χ0) is 20.7. The van der Waals surface area contributed by atoms with Crippen molar-refractivity contribution in [2.24, 2.45) is 5.73 Å². The normalized spacial score (nSPS) is 14.4. The Bertz CT molecular complexity index is 1110. The van der Waals surface area contributed by atoms with Gasteiger partial charge >= 0.3 is 0 Å². The molecule has 1 aliphatic rings. The molecule has 1 aromatic carbocycles. The minimum atomic E-state index is -0.503. The smallest absolute Gasteiger partial charge is 0.251 e. The lowest BCUT2D eigenvalue weighted by Gasteiger charge is -2.37. The zero-order valence-corrected chi connectivity index (χ0v) is 16.9. The number of primary amides is 1. The number of nitrogens with zero attached hydrogens (tertiary/aromatic N) is 3. The van der Waals surface area contributed by atoms with Gasteiger partial charge in [-0.25, -0.2) is 4.98 Å². The number of aromatic nitrogens is 1. The summed E-state index contributed by atoms with van der Waals surface area (Å²) < 4.78 is 5.86. The minimum absolute atomic E-state index is 0.0499. The Morgan fingerprint density at radius 1 is 1.07 bits per heavy atom. The van der Waals surface area contributed by atoms with E-state index in [9.17, 15) is 9.59 Å². The van der Waals surface area contributed by atoms with Gasteiger partial charge in [0.15, 0.2) is 5.76 Å². The van der Waals surface area contributed by atoms with Crippen LogP contribution in [0.1, 0.15) is 28.6 Å². The highest BCUT2D eigenvalue weighted by Crippen LogP contribution is 2.38. The average molecular weight is 392 g/mol. The van der Waals surface area contributed by atoms with Gasteiger partial charge in [0.2, 0.25) is 5.91 Å². The first kappa shape index (κ1) is 19.0. The quantitative estimate of drug-likeness (QED) is 0.740. The number of carbonyl (C=O) groups is 2. The van der Waals surface area contributed by atoms with Crippen LogP contribution in [0.2, 0.25) is 0 Å². The fourth-order valence-electron chi connectivity index (χ4n) is 3.90. The molecule has 2 aromatic heterocycles. The SMILES string of the molecule is CC(=O)N1CCN(c2c(-c3ccc(C)o3)nc3ccc(C)cc3c2C(N)=O)CC1. The molecular weight excluding hydrogens is 368 g/mol. The highest BCUT2D eigenvalue weighted by Gasteiger charge is 2.28. The number of carbonyl (C=O) groups excluding carboxylic acids is 2. The fraction of sp³-hybridized carbons (Fsp3) is 0.318. The van der Waals surface area contributed by atoms with Crippen molar-refractivity contribution >= 4 is 28.4 Å². The summed E-state index contributed by atoms with van der Waals surface area (Å²) in [5, 5.41) is 0.730. The monoisotopic (exact) mass is 392 g/mol. The van der Waals surface area contributed by atoms with Crippen molar-refractivity contribution in [3.05, 3.63) is 47.2 Å². The second-order valence-electron chi connectivity index (χ2n) is 7.47. The average Bonchev–Trinajstić information content (AvgIpc) is 3.12. The van der Waals surface area contributed by atoms with Gasteiger partial charge in [-0.3, -0.25) is 9.59 Å². The van der Waals surface area contributed by atoms with Crippen molar-refractivity contribution < 1.29 is 14.0 Å². The number of hydrogen-bond acceptors (Lipinski definition) is 5. The third kappa shape index (κ3) is 3.44. The number of anilines is 1. The summed E-state index contributed by atoms with van der Waals surface area (Å²) in [5.41, 5.74) is 9.31. The summed E-state index contributed by atoms with van der Waals surface area (Å²) in [6, 6.07) is 9.53. The number of nitrogens with two attached hydrogens (primary N) is 1. The number of pyridine rings is 1. The topological polar surface area (TPSA) is 92.7 Å². The zero-order valence-electron chi connectivity index (χ0n) is 16.9. The number of piperazine rings is 1. The molecule has 7 nitrogen and oxygen atoms in total. The number of fused-ring (bicyclic) bond motifs is 1. The number of furan rings is 1. The van der Waals surface area contributed by atoms with Gasteiger partial charge in [-0.05, 0) is 38.1 Å². The molecular formula is C22H24N4O3. The van der Waals surface area contributed by atoms with Crippen LogP contribution in [-0.4, -0.2) is 47.9 Å². The molecule has 29 heavy (non-hydrogen) atoms. The highest BCUT2D eigenvalue weighted by molar-refractivity contribution is 6.12. The largest absolute Gasteiger partial charge is 0.460 e. The van der Waals surface area contributed by atoms with Crippen LogP contribution in [0, 0.1) is 13.8 Å². The van der Waals surface area contributed by atoms with Crippen LogP contribution in [0.25, 0.3) is 22.4 Å². The van der Waals surface area contributed by atoms with Gasteiger partial charge in [-0.2, -0.15) is 0 Å². The summed E-state index contributed by atoms with van der Waals surface area (Å²) in [6.07, 6.45) is 0. The van der Waals surface area contributed by atoms with Gasteiger partial charge < -0.3 is 20.0 Å². The molecule has 2 amide bonds. The lowest BCUT2D eigenvalue weighted by Crippen LogP contribution is -2.48. The maximum Gasteiger partial charge on any atom is 0.251 e. The molecule has 150 valence electrons. The van der Waals surface area contributed by atoms with E-state index in [0.29, 0.717) is 54.4 Å². The van der Waals surface area contributed by atoms with E-state index in [1.165, 1.54) is 0 Å². The Balaban J connectivity index is 1.95. The van der Waals surface area contributed by atoms with Crippen molar-refractivity contribution in [3.63, 3.8) is 0 Å². The van der Waals surface area contributed by atoms with Gasteiger partial charge in [-0.15, -0.1) is 0 Å². The summed E-state index contributed by atoms with van der Waals surface area (Å²) in [7, 11) is 0. The van der Waals surface area contributed by atoms with Crippen molar-refractivity contribution in [1.29, 1.82) is 0 Å². The van der Waals surface area contributed by atoms with E-state index < -0.39 is 5.91 Å². The van der Waals surface area contributed by atoms with E-state index in [1.54, 1.807) is 11.8 Å². The lowest BCUT2D eigenvalue weighted by molar-refractivity contribution is -0.129. The maximum absolute atomic E-state index is 12.6. The predicted molar refractivity (Wildman–Crippen MR) is 112 cm³/mol. The standard InChI is InChI=1S/C22H24N4O3/c1-13-4-6-17-16(12-13)19(22(23)28)21(20(24-17)18-7-5-14(2)29-18)26-10-8-25(9-11-26)15(3)27/h4-7,12H,8-11H2,1-3H3,(H2,23,28). The maximum atomic E-state index is 12.6. The molecule has 0 radical (unpaired) electrons. The Morgan fingerprint density at radius 2 is 1.79 bits per heavy atom. The van der Waals surface area contributed by atoms with Crippen molar-refractivity contribution in [2.75, 3.05) is 31.1 Å². The van der Waals surface area contributed by atoms with E-state index in [4.69, 9.17) is 15.1 Å². The number of aryl methyl sites for hydroxylation is 2. The molecule has 0 saturated carbocycles. The van der Waals surface area contributed by atoms with Gasteiger partial charge in [0.1, 0.15) is 11.5 Å². The molecule has 7 heteroatoms. The fourth-order valence-corrected chi connectivity index (χ4v) is 3.90. The number of rotatable bonds is 3. The van der Waals surface area contributed by atoms with Crippen LogP contribution in [0.15, 0.2) is 34.7 Å². The Labute approximate surface area is 169 Å². The van der Waals surface area contributed by atoms with Crippen LogP contribution in [0.5, 0.6) is 0 Å². The Hall–Kier alpha value is -3.35. The third-order valence-corrected chi connectivity index (χ3v) is 5.38. The van der Waals surface area contributed by atoms with Crippen LogP contribution in [0.4, 0.5) is 5.69 Å². The van der Waals surface area contributed by atoms with Crippen LogP contribution >= 0.6 is 0 Å². The number of amides is 2. The van der Waals surface area contributed by atoms with Gasteiger partial charge in [0.25, 0.3) is 5.91 Å².